The molecule has 31 heavy (non-hydrogen) atoms. The van der Waals surface area contributed by atoms with Gasteiger partial charge in [-0.1, -0.05) is 6.92 Å². The van der Waals surface area contributed by atoms with Gasteiger partial charge in [0.05, 0.1) is 19.9 Å². The number of methoxy groups -OCH3 is 2. The topological polar surface area (TPSA) is 116 Å². The monoisotopic (exact) mass is 448 g/mol. The molecular weight excluding hydrogens is 420 g/mol. The fraction of sp³-hybridized carbons (Fsp3) is 0.476. The lowest BCUT2D eigenvalue weighted by Gasteiger charge is -2.30. The summed E-state index contributed by atoms with van der Waals surface area (Å²) >= 11 is 1.39. The number of likely N-dealkylation sites (tertiary alicyclic amines) is 1. The van der Waals surface area contributed by atoms with E-state index in [1.54, 1.807) is 0 Å². The number of nitrogens with one attached hydrogen (secondary N) is 1. The lowest BCUT2D eigenvalue weighted by molar-refractivity contribution is -0.120. The number of thiazole rings is 1. The molecule has 1 saturated heterocycles. The molecule has 3 rings (SSSR count). The second-order valence-electron chi connectivity index (χ2n) is 7.55. The van der Waals surface area contributed by atoms with Crippen LogP contribution < -0.4 is 25.3 Å². The minimum absolute atomic E-state index is 0.202. The number of aromatic nitrogens is 1. The minimum Gasteiger partial charge on any atom is -0.493 e. The van der Waals surface area contributed by atoms with E-state index in [9.17, 15) is 9.59 Å². The Kier molecular flexibility index (Phi) is 7.69. The van der Waals surface area contributed by atoms with Gasteiger partial charge in [-0.25, -0.2) is 4.98 Å². The lowest BCUT2D eigenvalue weighted by atomic mass is 10.0. The van der Waals surface area contributed by atoms with Crippen LogP contribution in [0.25, 0.3) is 0 Å². The highest BCUT2D eigenvalue weighted by molar-refractivity contribution is 7.14. The van der Waals surface area contributed by atoms with Crippen LogP contribution in [-0.4, -0.2) is 55.6 Å². The van der Waals surface area contributed by atoms with Crippen molar-refractivity contribution in [3.8, 4) is 17.2 Å². The third-order valence-electron chi connectivity index (χ3n) is 4.98. The number of amides is 2. The van der Waals surface area contributed by atoms with Crippen LogP contribution in [0, 0.1) is 5.92 Å². The average molecular weight is 449 g/mol. The quantitative estimate of drug-likeness (QED) is 0.605. The van der Waals surface area contributed by atoms with Gasteiger partial charge in [0.1, 0.15) is 0 Å². The van der Waals surface area contributed by atoms with Gasteiger partial charge >= 0.3 is 0 Å². The summed E-state index contributed by atoms with van der Waals surface area (Å²) in [6.45, 7) is 4.86. The zero-order chi connectivity index (χ0) is 22.4. The summed E-state index contributed by atoms with van der Waals surface area (Å²) in [7, 11) is 2.87. The lowest BCUT2D eigenvalue weighted by Crippen LogP contribution is -2.33. The number of piperidine rings is 1. The Morgan fingerprint density at radius 1 is 1.29 bits per heavy atom. The van der Waals surface area contributed by atoms with Crippen LogP contribution in [0.4, 0.5) is 5.13 Å². The molecule has 1 aliphatic rings. The van der Waals surface area contributed by atoms with Crippen LogP contribution in [0.3, 0.4) is 0 Å². The summed E-state index contributed by atoms with van der Waals surface area (Å²) in [5.41, 5.74) is 6.39. The molecule has 2 amide bonds. The van der Waals surface area contributed by atoms with Gasteiger partial charge in [0, 0.05) is 24.0 Å². The molecule has 0 radical (unpaired) electrons. The van der Waals surface area contributed by atoms with E-state index in [0.29, 0.717) is 16.6 Å². The maximum atomic E-state index is 12.8. The van der Waals surface area contributed by atoms with E-state index in [4.69, 9.17) is 19.9 Å². The molecule has 0 spiro atoms. The molecule has 2 aromatic rings. The Hall–Kier alpha value is -2.85. The van der Waals surface area contributed by atoms with Crippen LogP contribution in [-0.2, 0) is 11.3 Å². The Balaban J connectivity index is 1.70. The van der Waals surface area contributed by atoms with Gasteiger partial charge in [-0.15, -0.1) is 11.3 Å². The highest BCUT2D eigenvalue weighted by atomic mass is 32.1. The Morgan fingerprint density at radius 3 is 2.61 bits per heavy atom. The zero-order valence-corrected chi connectivity index (χ0v) is 18.8. The normalized spacial score (nSPS) is 16.5. The van der Waals surface area contributed by atoms with E-state index in [-0.39, 0.29) is 29.8 Å². The third kappa shape index (κ3) is 6.08. The molecule has 2 heterocycles. The molecule has 1 aromatic carbocycles. The highest BCUT2D eigenvalue weighted by Gasteiger charge is 2.20. The molecule has 0 saturated carbocycles. The molecule has 0 aliphatic carbocycles. The Bertz CT molecular complexity index is 907. The molecule has 0 unspecified atom stereocenters. The molecule has 10 heteroatoms. The SMILES string of the molecule is COc1cc(C(=O)Nc2nc(CN3CCC[C@@H](C)C3)cs2)cc(OC)c1OCC(N)=O. The summed E-state index contributed by atoms with van der Waals surface area (Å²) in [5, 5.41) is 5.31. The van der Waals surface area contributed by atoms with Crippen LogP contribution in [0.1, 0.15) is 35.8 Å². The smallest absolute Gasteiger partial charge is 0.257 e. The average Bonchev–Trinajstić information content (AvgIpc) is 3.17. The first-order valence-electron chi connectivity index (χ1n) is 10.0. The predicted octanol–water partition coefficient (Wildman–Crippen LogP) is 2.51. The summed E-state index contributed by atoms with van der Waals surface area (Å²) in [5.74, 6) is 0.420. The Labute approximate surface area is 185 Å². The summed E-state index contributed by atoms with van der Waals surface area (Å²) in [6.07, 6.45) is 2.48. The molecule has 1 aliphatic heterocycles. The molecule has 1 atom stereocenters. The van der Waals surface area contributed by atoms with E-state index in [1.165, 1.54) is 50.5 Å². The van der Waals surface area contributed by atoms with Crippen LogP contribution >= 0.6 is 11.3 Å². The van der Waals surface area contributed by atoms with Crippen molar-refractivity contribution >= 4 is 28.3 Å². The molecule has 168 valence electrons. The standard InChI is InChI=1S/C21H28N4O5S/c1-13-5-4-6-25(9-13)10-15-12-31-21(23-15)24-20(27)14-7-16(28-2)19(17(8-14)29-3)30-11-18(22)26/h7-8,12-13H,4-6,9-11H2,1-3H3,(H2,22,26)(H,23,24,27)/t13-/m1/s1. The second-order valence-corrected chi connectivity index (χ2v) is 8.40. The van der Waals surface area contributed by atoms with Gasteiger partial charge in [-0.2, -0.15) is 0 Å². The predicted molar refractivity (Wildman–Crippen MR) is 118 cm³/mol. The van der Waals surface area contributed by atoms with E-state index >= 15 is 0 Å². The van der Waals surface area contributed by atoms with Crippen molar-refractivity contribution in [3.63, 3.8) is 0 Å². The number of rotatable bonds is 9. The van der Waals surface area contributed by atoms with Crippen molar-refractivity contribution in [1.82, 2.24) is 9.88 Å². The van der Waals surface area contributed by atoms with Crippen molar-refractivity contribution in [2.24, 2.45) is 11.7 Å². The number of primary amides is 1. The van der Waals surface area contributed by atoms with Crippen molar-refractivity contribution in [3.05, 3.63) is 28.8 Å². The number of nitrogens with zero attached hydrogens (tertiary/aromatic N) is 2. The van der Waals surface area contributed by atoms with E-state index < -0.39 is 5.91 Å². The summed E-state index contributed by atoms with van der Waals surface area (Å²) in [4.78, 5) is 30.8. The molecule has 3 N–H and O–H groups in total. The largest absolute Gasteiger partial charge is 0.493 e. The van der Waals surface area contributed by atoms with E-state index in [1.807, 2.05) is 5.38 Å². The van der Waals surface area contributed by atoms with Crippen LogP contribution in [0.15, 0.2) is 17.5 Å². The third-order valence-corrected chi connectivity index (χ3v) is 5.79. The maximum absolute atomic E-state index is 12.8. The molecular formula is C21H28N4O5S. The first kappa shape index (κ1) is 22.8. The Morgan fingerprint density at radius 2 is 2.00 bits per heavy atom. The van der Waals surface area contributed by atoms with Gasteiger partial charge in [-0.3, -0.25) is 19.8 Å². The van der Waals surface area contributed by atoms with Crippen LogP contribution in [0.5, 0.6) is 17.2 Å². The molecule has 1 aromatic heterocycles. The van der Waals surface area contributed by atoms with Crippen molar-refractivity contribution in [2.45, 2.75) is 26.3 Å². The van der Waals surface area contributed by atoms with Gasteiger partial charge in [0.25, 0.3) is 11.8 Å². The number of hydrogen-bond acceptors (Lipinski definition) is 8. The first-order valence-corrected chi connectivity index (χ1v) is 10.9. The highest BCUT2D eigenvalue weighted by Crippen LogP contribution is 2.38. The number of anilines is 1. The number of carbonyl (C=O) groups is 2. The molecule has 9 nitrogen and oxygen atoms in total. The number of ether oxygens (including phenoxy) is 3. The number of nitrogens with two attached hydrogens (primary N) is 1. The zero-order valence-electron chi connectivity index (χ0n) is 18.0. The first-order chi connectivity index (χ1) is 14.9. The van der Waals surface area contributed by atoms with Crippen molar-refractivity contribution < 1.29 is 23.8 Å². The minimum atomic E-state index is -0.635. The molecule has 1 fully saturated rings. The number of hydrogen-bond donors (Lipinski definition) is 2. The van der Waals surface area contributed by atoms with E-state index in [2.05, 4.69) is 22.1 Å². The van der Waals surface area contributed by atoms with Crippen LogP contribution in [0.2, 0.25) is 0 Å². The summed E-state index contributed by atoms with van der Waals surface area (Å²) in [6, 6.07) is 3.02. The van der Waals surface area contributed by atoms with Gasteiger partial charge in [-0.05, 0) is 37.4 Å². The van der Waals surface area contributed by atoms with Crippen molar-refractivity contribution in [2.75, 3.05) is 39.2 Å². The fourth-order valence-electron chi connectivity index (χ4n) is 3.56. The van der Waals surface area contributed by atoms with Gasteiger partial charge in [0.15, 0.2) is 23.2 Å². The fourth-order valence-corrected chi connectivity index (χ4v) is 4.26. The van der Waals surface area contributed by atoms with Gasteiger partial charge < -0.3 is 19.9 Å². The van der Waals surface area contributed by atoms with E-state index in [0.717, 1.165) is 25.3 Å². The maximum Gasteiger partial charge on any atom is 0.257 e. The second kappa shape index (κ2) is 10.5. The van der Waals surface area contributed by atoms with Crippen molar-refractivity contribution in [1.29, 1.82) is 0 Å². The summed E-state index contributed by atoms with van der Waals surface area (Å²) < 4.78 is 16.0. The molecule has 0 bridgehead atoms. The number of carbonyl (C=O) groups excluding carboxylic acids is 2. The van der Waals surface area contributed by atoms with Gasteiger partial charge in [0.2, 0.25) is 5.75 Å². The number of benzene rings is 1.